The lowest BCUT2D eigenvalue weighted by molar-refractivity contribution is 0.0696. The van der Waals surface area contributed by atoms with Crippen LogP contribution in [0.1, 0.15) is 21.7 Å². The van der Waals surface area contributed by atoms with Crippen LogP contribution in [0.25, 0.3) is 0 Å². The SMILES string of the molecule is O=C(O)c1cccc(CN(CCO)Cc2ccco2)c1. The van der Waals surface area contributed by atoms with Gasteiger partial charge in [-0.25, -0.2) is 4.79 Å². The molecule has 0 saturated carbocycles. The molecule has 20 heavy (non-hydrogen) atoms. The average molecular weight is 275 g/mol. The Labute approximate surface area is 117 Å². The first-order valence-corrected chi connectivity index (χ1v) is 6.37. The summed E-state index contributed by atoms with van der Waals surface area (Å²) in [6, 6.07) is 10.5. The zero-order valence-electron chi connectivity index (χ0n) is 11.0. The van der Waals surface area contributed by atoms with Gasteiger partial charge in [-0.15, -0.1) is 0 Å². The summed E-state index contributed by atoms with van der Waals surface area (Å²) in [5.41, 5.74) is 1.16. The number of rotatable bonds is 7. The lowest BCUT2D eigenvalue weighted by Gasteiger charge is -2.20. The molecule has 0 aliphatic rings. The highest BCUT2D eigenvalue weighted by atomic mass is 16.4. The van der Waals surface area contributed by atoms with Crippen molar-refractivity contribution in [2.75, 3.05) is 13.2 Å². The van der Waals surface area contributed by atoms with Gasteiger partial charge in [-0.1, -0.05) is 12.1 Å². The Bertz CT molecular complexity index is 551. The van der Waals surface area contributed by atoms with Gasteiger partial charge in [-0.2, -0.15) is 0 Å². The van der Waals surface area contributed by atoms with Crippen LogP contribution in [0.5, 0.6) is 0 Å². The highest BCUT2D eigenvalue weighted by Crippen LogP contribution is 2.12. The molecule has 0 aliphatic carbocycles. The van der Waals surface area contributed by atoms with E-state index in [9.17, 15) is 4.79 Å². The Morgan fingerprint density at radius 2 is 2.05 bits per heavy atom. The van der Waals surface area contributed by atoms with E-state index < -0.39 is 5.97 Å². The van der Waals surface area contributed by atoms with Crippen molar-refractivity contribution >= 4 is 5.97 Å². The first kappa shape index (κ1) is 14.3. The van der Waals surface area contributed by atoms with Gasteiger partial charge in [-0.3, -0.25) is 4.90 Å². The summed E-state index contributed by atoms with van der Waals surface area (Å²) in [7, 11) is 0. The number of carboxylic acid groups (broad SMARTS) is 1. The van der Waals surface area contributed by atoms with E-state index in [1.54, 1.807) is 24.5 Å². The van der Waals surface area contributed by atoms with Crippen molar-refractivity contribution in [1.29, 1.82) is 0 Å². The first-order chi connectivity index (χ1) is 9.69. The van der Waals surface area contributed by atoms with Crippen LogP contribution < -0.4 is 0 Å². The summed E-state index contributed by atoms with van der Waals surface area (Å²) in [5.74, 6) is -0.126. The maximum absolute atomic E-state index is 11.0. The third-order valence-electron chi connectivity index (χ3n) is 2.96. The molecule has 0 amide bonds. The maximum atomic E-state index is 11.0. The van der Waals surface area contributed by atoms with E-state index in [0.29, 0.717) is 19.6 Å². The topological polar surface area (TPSA) is 73.9 Å². The lowest BCUT2D eigenvalue weighted by Crippen LogP contribution is -2.26. The van der Waals surface area contributed by atoms with Crippen molar-refractivity contribution in [2.24, 2.45) is 0 Å². The number of aliphatic hydroxyl groups excluding tert-OH is 1. The highest BCUT2D eigenvalue weighted by Gasteiger charge is 2.10. The number of furan rings is 1. The van der Waals surface area contributed by atoms with Gasteiger partial charge in [-0.05, 0) is 29.8 Å². The molecular formula is C15H17NO4. The predicted molar refractivity (Wildman–Crippen MR) is 73.3 cm³/mol. The van der Waals surface area contributed by atoms with E-state index in [-0.39, 0.29) is 12.2 Å². The minimum atomic E-state index is -0.938. The molecular weight excluding hydrogens is 258 g/mol. The number of carboxylic acids is 1. The molecule has 0 unspecified atom stereocenters. The van der Waals surface area contributed by atoms with Crippen molar-refractivity contribution in [2.45, 2.75) is 13.1 Å². The summed E-state index contributed by atoms with van der Waals surface area (Å²) in [4.78, 5) is 13.0. The molecule has 1 aromatic heterocycles. The molecule has 0 atom stereocenters. The molecule has 0 radical (unpaired) electrons. The van der Waals surface area contributed by atoms with Crippen LogP contribution in [-0.4, -0.2) is 34.2 Å². The molecule has 2 N–H and O–H groups in total. The third kappa shape index (κ3) is 3.94. The number of hydrogen-bond acceptors (Lipinski definition) is 4. The Morgan fingerprint density at radius 1 is 1.20 bits per heavy atom. The van der Waals surface area contributed by atoms with Gasteiger partial charge in [0.05, 0.1) is 25.0 Å². The van der Waals surface area contributed by atoms with Gasteiger partial charge in [0, 0.05) is 13.1 Å². The number of benzene rings is 1. The second-order valence-electron chi connectivity index (χ2n) is 4.52. The van der Waals surface area contributed by atoms with Crippen LogP contribution >= 0.6 is 0 Å². The molecule has 0 spiro atoms. The van der Waals surface area contributed by atoms with Crippen molar-refractivity contribution in [3.63, 3.8) is 0 Å². The number of carbonyl (C=O) groups is 1. The molecule has 1 aromatic carbocycles. The molecule has 2 aromatic rings. The molecule has 0 aliphatic heterocycles. The van der Waals surface area contributed by atoms with E-state index in [4.69, 9.17) is 14.6 Å². The molecule has 5 nitrogen and oxygen atoms in total. The minimum Gasteiger partial charge on any atom is -0.478 e. The van der Waals surface area contributed by atoms with Crippen LogP contribution in [0.2, 0.25) is 0 Å². The maximum Gasteiger partial charge on any atom is 0.335 e. The largest absolute Gasteiger partial charge is 0.478 e. The van der Waals surface area contributed by atoms with Crippen LogP contribution in [0, 0.1) is 0 Å². The normalized spacial score (nSPS) is 10.9. The van der Waals surface area contributed by atoms with E-state index in [2.05, 4.69) is 0 Å². The van der Waals surface area contributed by atoms with E-state index in [0.717, 1.165) is 11.3 Å². The summed E-state index contributed by atoms with van der Waals surface area (Å²) < 4.78 is 5.29. The zero-order chi connectivity index (χ0) is 14.4. The summed E-state index contributed by atoms with van der Waals surface area (Å²) in [6.45, 7) is 1.67. The Morgan fingerprint density at radius 3 is 2.70 bits per heavy atom. The van der Waals surface area contributed by atoms with Crippen molar-refractivity contribution in [1.82, 2.24) is 4.90 Å². The third-order valence-corrected chi connectivity index (χ3v) is 2.96. The summed E-state index contributed by atoms with van der Waals surface area (Å²) in [6.07, 6.45) is 1.61. The number of aliphatic hydroxyl groups is 1. The van der Waals surface area contributed by atoms with Crippen LogP contribution in [0.3, 0.4) is 0 Å². The second kappa shape index (κ2) is 6.88. The minimum absolute atomic E-state index is 0.0410. The van der Waals surface area contributed by atoms with Gasteiger partial charge < -0.3 is 14.6 Å². The predicted octanol–water partition coefficient (Wildman–Crippen LogP) is 1.97. The molecule has 0 bridgehead atoms. The summed E-state index contributed by atoms with van der Waals surface area (Å²) >= 11 is 0. The van der Waals surface area contributed by atoms with Crippen molar-refractivity contribution in [3.8, 4) is 0 Å². The van der Waals surface area contributed by atoms with E-state index in [1.165, 1.54) is 0 Å². The van der Waals surface area contributed by atoms with Crippen LogP contribution in [-0.2, 0) is 13.1 Å². The fraction of sp³-hybridized carbons (Fsp3) is 0.267. The fourth-order valence-electron chi connectivity index (χ4n) is 2.04. The monoisotopic (exact) mass is 275 g/mol. The first-order valence-electron chi connectivity index (χ1n) is 6.37. The zero-order valence-corrected chi connectivity index (χ0v) is 11.0. The Hall–Kier alpha value is -2.11. The molecule has 2 rings (SSSR count). The fourth-order valence-corrected chi connectivity index (χ4v) is 2.04. The molecule has 5 heteroatoms. The van der Waals surface area contributed by atoms with Crippen LogP contribution in [0.15, 0.2) is 47.1 Å². The second-order valence-corrected chi connectivity index (χ2v) is 4.52. The highest BCUT2D eigenvalue weighted by molar-refractivity contribution is 5.87. The van der Waals surface area contributed by atoms with Crippen molar-refractivity contribution < 1.29 is 19.4 Å². The van der Waals surface area contributed by atoms with Gasteiger partial charge in [0.25, 0.3) is 0 Å². The number of aromatic carboxylic acids is 1. The average Bonchev–Trinajstić information content (AvgIpc) is 2.92. The summed E-state index contributed by atoms with van der Waals surface area (Å²) in [5, 5.41) is 18.1. The van der Waals surface area contributed by atoms with Gasteiger partial charge >= 0.3 is 5.97 Å². The number of nitrogens with zero attached hydrogens (tertiary/aromatic N) is 1. The molecule has 1 heterocycles. The smallest absolute Gasteiger partial charge is 0.335 e. The lowest BCUT2D eigenvalue weighted by atomic mass is 10.1. The van der Waals surface area contributed by atoms with Gasteiger partial charge in [0.15, 0.2) is 0 Å². The van der Waals surface area contributed by atoms with Crippen molar-refractivity contribution in [3.05, 3.63) is 59.5 Å². The van der Waals surface area contributed by atoms with Gasteiger partial charge in [0.2, 0.25) is 0 Å². The van der Waals surface area contributed by atoms with E-state index in [1.807, 2.05) is 23.1 Å². The quantitative estimate of drug-likeness (QED) is 0.808. The molecule has 0 fully saturated rings. The van der Waals surface area contributed by atoms with E-state index >= 15 is 0 Å². The molecule has 0 saturated heterocycles. The van der Waals surface area contributed by atoms with Crippen LogP contribution in [0.4, 0.5) is 0 Å². The Balaban J connectivity index is 2.07. The molecule has 106 valence electrons. The Kier molecular flexibility index (Phi) is 4.92. The standard InChI is InChI=1S/C15H17NO4/c17-7-6-16(11-14-5-2-8-20-14)10-12-3-1-4-13(9-12)15(18)19/h1-5,8-9,17H,6-7,10-11H2,(H,18,19). The van der Waals surface area contributed by atoms with Gasteiger partial charge in [0.1, 0.15) is 5.76 Å². The number of hydrogen-bond donors (Lipinski definition) is 2.